The first-order chi connectivity index (χ1) is 14.4. The van der Waals surface area contributed by atoms with Gasteiger partial charge in [-0.05, 0) is 58.1 Å². The zero-order valence-corrected chi connectivity index (χ0v) is 19.3. The number of pyridine rings is 2. The Morgan fingerprint density at radius 3 is 2.32 bits per heavy atom. The summed E-state index contributed by atoms with van der Waals surface area (Å²) >= 11 is 0. The maximum absolute atomic E-state index is 12.3. The molecular formula is C24H33N3O4. The van der Waals surface area contributed by atoms with Crippen LogP contribution in [0.2, 0.25) is 0 Å². The van der Waals surface area contributed by atoms with Gasteiger partial charge in [0.15, 0.2) is 6.10 Å². The van der Waals surface area contributed by atoms with E-state index >= 15 is 0 Å². The molecular weight excluding hydrogens is 394 g/mol. The lowest BCUT2D eigenvalue weighted by molar-refractivity contribution is -0.160. The summed E-state index contributed by atoms with van der Waals surface area (Å²) in [5.74, 6) is -0.973. The number of anilines is 1. The van der Waals surface area contributed by atoms with Gasteiger partial charge in [0.1, 0.15) is 5.75 Å². The summed E-state index contributed by atoms with van der Waals surface area (Å²) in [4.78, 5) is 23.5. The van der Waals surface area contributed by atoms with Crippen molar-refractivity contribution in [3.8, 4) is 17.0 Å². The number of hydrogen-bond acceptors (Lipinski definition) is 6. The lowest BCUT2D eigenvalue weighted by atomic mass is 9.82. The molecule has 0 spiro atoms. The van der Waals surface area contributed by atoms with Gasteiger partial charge in [0.05, 0.1) is 23.2 Å². The fourth-order valence-electron chi connectivity index (χ4n) is 3.92. The number of hydrogen-bond donors (Lipinski definition) is 2. The van der Waals surface area contributed by atoms with Crippen molar-refractivity contribution in [3.63, 3.8) is 0 Å². The molecule has 7 heteroatoms. The Hall–Kier alpha value is -2.67. The van der Waals surface area contributed by atoms with Gasteiger partial charge in [0.25, 0.3) is 0 Å². The fourth-order valence-corrected chi connectivity index (χ4v) is 3.92. The smallest absolute Gasteiger partial charge is 0.337 e. The van der Waals surface area contributed by atoms with Crippen LogP contribution in [0.5, 0.6) is 5.75 Å². The second kappa shape index (κ2) is 8.46. The highest BCUT2D eigenvalue weighted by Gasteiger charge is 2.35. The fraction of sp³-hybridized carbons (Fsp3) is 0.542. The van der Waals surface area contributed by atoms with E-state index < -0.39 is 17.7 Å². The Morgan fingerprint density at radius 2 is 1.81 bits per heavy atom. The molecule has 1 fully saturated rings. The summed E-state index contributed by atoms with van der Waals surface area (Å²) in [6, 6.07) is 3.30. The largest absolute Gasteiger partial charge is 0.506 e. The first kappa shape index (κ1) is 23.0. The van der Waals surface area contributed by atoms with Crippen LogP contribution in [-0.4, -0.2) is 44.8 Å². The lowest BCUT2D eigenvalue weighted by Crippen LogP contribution is -2.39. The molecule has 2 aromatic heterocycles. The van der Waals surface area contributed by atoms with Gasteiger partial charge in [-0.2, -0.15) is 0 Å². The molecule has 1 aliphatic rings. The molecule has 7 nitrogen and oxygen atoms in total. The Labute approximate surface area is 184 Å². The molecule has 31 heavy (non-hydrogen) atoms. The summed E-state index contributed by atoms with van der Waals surface area (Å²) in [5, 5.41) is 19.8. The first-order valence-electron chi connectivity index (χ1n) is 10.7. The van der Waals surface area contributed by atoms with E-state index in [2.05, 4.69) is 28.7 Å². The van der Waals surface area contributed by atoms with Crippen LogP contribution < -0.4 is 4.90 Å². The van der Waals surface area contributed by atoms with Gasteiger partial charge in [0, 0.05) is 36.1 Å². The van der Waals surface area contributed by atoms with Crippen LogP contribution in [0, 0.1) is 12.3 Å². The first-order valence-corrected chi connectivity index (χ1v) is 10.7. The molecule has 0 saturated carbocycles. The van der Waals surface area contributed by atoms with Gasteiger partial charge in [-0.1, -0.05) is 13.8 Å². The van der Waals surface area contributed by atoms with Gasteiger partial charge in [-0.15, -0.1) is 0 Å². The average molecular weight is 428 g/mol. The molecule has 0 aromatic carbocycles. The monoisotopic (exact) mass is 427 g/mol. The van der Waals surface area contributed by atoms with Crippen LogP contribution in [0.1, 0.15) is 64.8 Å². The third-order valence-corrected chi connectivity index (χ3v) is 5.70. The Balaban J connectivity index is 2.22. The Morgan fingerprint density at radius 1 is 1.16 bits per heavy atom. The SMILES string of the molecule is Cc1ncc(-c2ccc(O)cn2)c(N2CCC(C)(C)CC2)c1C(OC(C)(C)C)C(=O)O. The number of piperidine rings is 1. The van der Waals surface area contributed by atoms with Gasteiger partial charge in [-0.3, -0.25) is 9.97 Å². The maximum Gasteiger partial charge on any atom is 0.337 e. The van der Waals surface area contributed by atoms with Crippen molar-refractivity contribution in [2.75, 3.05) is 18.0 Å². The second-order valence-corrected chi connectivity index (χ2v) is 10.0. The van der Waals surface area contributed by atoms with Gasteiger partial charge < -0.3 is 19.8 Å². The summed E-state index contributed by atoms with van der Waals surface area (Å²) in [5.41, 5.74) is 2.95. The number of carboxylic acid groups (broad SMARTS) is 1. The van der Waals surface area contributed by atoms with E-state index in [0.717, 1.165) is 37.2 Å². The third-order valence-electron chi connectivity index (χ3n) is 5.70. The summed E-state index contributed by atoms with van der Waals surface area (Å²) in [6.45, 7) is 13.5. The Bertz CT molecular complexity index is 939. The van der Waals surface area contributed by atoms with E-state index in [0.29, 0.717) is 17.0 Å². The molecule has 0 aliphatic carbocycles. The molecule has 1 atom stereocenters. The van der Waals surface area contributed by atoms with Crippen LogP contribution in [0.4, 0.5) is 5.69 Å². The molecule has 168 valence electrons. The number of aromatic hydroxyl groups is 1. The van der Waals surface area contributed by atoms with Gasteiger partial charge >= 0.3 is 5.97 Å². The van der Waals surface area contributed by atoms with E-state index in [1.165, 1.54) is 6.20 Å². The van der Waals surface area contributed by atoms with E-state index in [-0.39, 0.29) is 11.2 Å². The second-order valence-electron chi connectivity index (χ2n) is 10.0. The molecule has 1 unspecified atom stereocenters. The maximum atomic E-state index is 12.3. The number of carbonyl (C=O) groups is 1. The predicted molar refractivity (Wildman–Crippen MR) is 120 cm³/mol. The molecule has 1 saturated heterocycles. The minimum Gasteiger partial charge on any atom is -0.506 e. The van der Waals surface area contributed by atoms with Crippen molar-refractivity contribution < 1.29 is 19.7 Å². The van der Waals surface area contributed by atoms with Crippen LogP contribution >= 0.6 is 0 Å². The summed E-state index contributed by atoms with van der Waals surface area (Å²) in [7, 11) is 0. The lowest BCUT2D eigenvalue weighted by Gasteiger charge is -2.40. The average Bonchev–Trinajstić information content (AvgIpc) is 2.66. The highest BCUT2D eigenvalue weighted by molar-refractivity contribution is 5.85. The molecule has 3 heterocycles. The van der Waals surface area contributed by atoms with Crippen LogP contribution in [-0.2, 0) is 9.53 Å². The van der Waals surface area contributed by atoms with Crippen molar-refractivity contribution in [2.24, 2.45) is 5.41 Å². The predicted octanol–water partition coefficient (Wildman–Crippen LogP) is 4.72. The normalized spacial score (nSPS) is 17.4. The summed E-state index contributed by atoms with van der Waals surface area (Å²) in [6.07, 6.45) is 3.96. The molecule has 0 radical (unpaired) electrons. The number of ether oxygens (including phenoxy) is 1. The van der Waals surface area contributed by atoms with E-state index in [9.17, 15) is 15.0 Å². The van der Waals surface area contributed by atoms with E-state index in [1.807, 2.05) is 27.7 Å². The van der Waals surface area contributed by atoms with Crippen LogP contribution in [0.15, 0.2) is 24.5 Å². The van der Waals surface area contributed by atoms with Gasteiger partial charge in [0.2, 0.25) is 0 Å². The van der Waals surface area contributed by atoms with Crippen molar-refractivity contribution in [1.29, 1.82) is 0 Å². The number of aromatic nitrogens is 2. The van der Waals surface area contributed by atoms with Crippen molar-refractivity contribution in [3.05, 3.63) is 35.8 Å². The molecule has 2 N–H and O–H groups in total. The van der Waals surface area contributed by atoms with Crippen LogP contribution in [0.3, 0.4) is 0 Å². The minimum atomic E-state index is -1.16. The minimum absolute atomic E-state index is 0.0739. The highest BCUT2D eigenvalue weighted by atomic mass is 16.5. The number of aryl methyl sites for hydroxylation is 1. The molecule has 2 aromatic rings. The quantitative estimate of drug-likeness (QED) is 0.712. The van der Waals surface area contributed by atoms with Gasteiger partial charge in [-0.25, -0.2) is 4.79 Å². The van der Waals surface area contributed by atoms with Crippen molar-refractivity contribution in [1.82, 2.24) is 9.97 Å². The van der Waals surface area contributed by atoms with Crippen molar-refractivity contribution in [2.45, 2.75) is 66.1 Å². The standard InChI is InChI=1S/C24H33N3O4/c1-15-19(21(22(29)30)31-23(2,3)4)20(27-11-9-24(5,6)10-12-27)17(14-25-15)18-8-7-16(28)13-26-18/h7-8,13-14,21,28H,9-12H2,1-6H3,(H,29,30). The van der Waals surface area contributed by atoms with E-state index in [1.54, 1.807) is 18.3 Å². The Kier molecular flexibility index (Phi) is 6.28. The number of rotatable bonds is 5. The van der Waals surface area contributed by atoms with Crippen LogP contribution in [0.25, 0.3) is 11.3 Å². The molecule has 0 bridgehead atoms. The summed E-state index contributed by atoms with van der Waals surface area (Å²) < 4.78 is 6.02. The third kappa shape index (κ3) is 5.34. The zero-order valence-electron chi connectivity index (χ0n) is 19.3. The molecule has 1 aliphatic heterocycles. The number of nitrogens with zero attached hydrogens (tertiary/aromatic N) is 3. The number of aliphatic carboxylic acids is 1. The highest BCUT2D eigenvalue weighted by Crippen LogP contribution is 2.43. The number of carboxylic acids is 1. The topological polar surface area (TPSA) is 95.8 Å². The van der Waals surface area contributed by atoms with Crippen molar-refractivity contribution >= 4 is 11.7 Å². The molecule has 3 rings (SSSR count). The zero-order chi connectivity index (χ0) is 23.0. The molecule has 0 amide bonds. The van der Waals surface area contributed by atoms with E-state index in [4.69, 9.17) is 4.74 Å².